The number of aryl methyl sites for hydroxylation is 1. The summed E-state index contributed by atoms with van der Waals surface area (Å²) in [6.07, 6.45) is 0. The van der Waals surface area contributed by atoms with Gasteiger partial charge in [0.1, 0.15) is 0 Å². The highest BCUT2D eigenvalue weighted by Crippen LogP contribution is 2.27. The van der Waals surface area contributed by atoms with Crippen molar-refractivity contribution in [3.05, 3.63) is 64.7 Å². The number of anilines is 1. The Balaban J connectivity index is 1.75. The Morgan fingerprint density at radius 1 is 1.23 bits per heavy atom. The van der Waals surface area contributed by atoms with E-state index in [0.717, 1.165) is 16.8 Å². The van der Waals surface area contributed by atoms with Crippen LogP contribution in [0.15, 0.2) is 48.5 Å². The summed E-state index contributed by atoms with van der Waals surface area (Å²) in [7, 11) is 0. The van der Waals surface area contributed by atoms with Crippen LogP contribution in [-0.2, 0) is 4.79 Å². The molecular formula is C17H18ClN3O. The summed E-state index contributed by atoms with van der Waals surface area (Å²) in [5.41, 5.74) is 9.22. The average Bonchev–Trinajstić information content (AvgIpc) is 2.97. The van der Waals surface area contributed by atoms with Gasteiger partial charge < -0.3 is 5.32 Å². The Morgan fingerprint density at radius 2 is 2.00 bits per heavy atom. The predicted octanol–water partition coefficient (Wildman–Crippen LogP) is 3.05. The van der Waals surface area contributed by atoms with Gasteiger partial charge in [0, 0.05) is 17.3 Å². The molecule has 2 unspecified atom stereocenters. The smallest absolute Gasteiger partial charge is 0.230 e. The van der Waals surface area contributed by atoms with Gasteiger partial charge in [-0.15, -0.1) is 0 Å². The molecule has 1 saturated heterocycles. The number of hydrogen-bond donors (Lipinski definition) is 3. The summed E-state index contributed by atoms with van der Waals surface area (Å²) in [5.74, 6) is -0.176. The minimum absolute atomic E-state index is 0.00282. The third-order valence-electron chi connectivity index (χ3n) is 3.83. The molecule has 2 atom stereocenters. The molecule has 114 valence electrons. The quantitative estimate of drug-likeness (QED) is 0.816. The molecule has 0 spiro atoms. The number of hydrazine groups is 1. The number of benzene rings is 2. The molecular weight excluding hydrogens is 298 g/mol. The van der Waals surface area contributed by atoms with E-state index in [1.807, 2.05) is 55.5 Å². The topological polar surface area (TPSA) is 53.2 Å². The molecule has 1 amide bonds. The summed E-state index contributed by atoms with van der Waals surface area (Å²) in [6.45, 7) is 2.59. The lowest BCUT2D eigenvalue weighted by atomic mass is 9.94. The van der Waals surface area contributed by atoms with E-state index in [9.17, 15) is 4.79 Å². The van der Waals surface area contributed by atoms with Gasteiger partial charge in [0.25, 0.3) is 0 Å². The molecule has 5 heteroatoms. The first-order valence-electron chi connectivity index (χ1n) is 7.25. The van der Waals surface area contributed by atoms with Crippen LogP contribution in [-0.4, -0.2) is 12.5 Å². The fraction of sp³-hybridized carbons (Fsp3) is 0.235. The van der Waals surface area contributed by atoms with Gasteiger partial charge in [-0.2, -0.15) is 0 Å². The van der Waals surface area contributed by atoms with E-state index in [1.54, 1.807) is 0 Å². The largest absolute Gasteiger partial charge is 0.326 e. The van der Waals surface area contributed by atoms with Crippen LogP contribution in [0.1, 0.15) is 17.2 Å². The molecule has 0 saturated carbocycles. The van der Waals surface area contributed by atoms with Crippen molar-refractivity contribution in [3.8, 4) is 0 Å². The van der Waals surface area contributed by atoms with Gasteiger partial charge >= 0.3 is 0 Å². The SMILES string of the molecule is Cc1cccc(NC(=O)C2CNNC2c2ccc(Cl)cc2)c1. The van der Waals surface area contributed by atoms with Crippen LogP contribution in [0.25, 0.3) is 0 Å². The first-order chi connectivity index (χ1) is 10.6. The lowest BCUT2D eigenvalue weighted by Gasteiger charge is -2.18. The Labute approximate surface area is 134 Å². The van der Waals surface area contributed by atoms with Crippen molar-refractivity contribution in [1.29, 1.82) is 0 Å². The van der Waals surface area contributed by atoms with Gasteiger partial charge in [-0.3, -0.25) is 10.2 Å². The molecule has 22 heavy (non-hydrogen) atoms. The fourth-order valence-corrected chi connectivity index (χ4v) is 2.81. The van der Waals surface area contributed by atoms with E-state index >= 15 is 0 Å². The zero-order valence-corrected chi connectivity index (χ0v) is 13.0. The number of hydrogen-bond acceptors (Lipinski definition) is 3. The second kappa shape index (κ2) is 6.48. The summed E-state index contributed by atoms with van der Waals surface area (Å²) < 4.78 is 0. The molecule has 0 aromatic heterocycles. The Kier molecular flexibility index (Phi) is 4.43. The lowest BCUT2D eigenvalue weighted by Crippen LogP contribution is -2.29. The Hall–Kier alpha value is -1.88. The van der Waals surface area contributed by atoms with Gasteiger partial charge in [-0.05, 0) is 42.3 Å². The maximum Gasteiger partial charge on any atom is 0.230 e. The van der Waals surface area contributed by atoms with Crippen molar-refractivity contribution in [1.82, 2.24) is 10.9 Å². The first kappa shape index (κ1) is 15.0. The predicted molar refractivity (Wildman–Crippen MR) is 88.6 cm³/mol. The first-order valence-corrected chi connectivity index (χ1v) is 7.62. The third kappa shape index (κ3) is 3.30. The van der Waals surface area contributed by atoms with Crippen LogP contribution >= 0.6 is 11.6 Å². The van der Waals surface area contributed by atoms with E-state index in [2.05, 4.69) is 16.2 Å². The number of rotatable bonds is 3. The van der Waals surface area contributed by atoms with E-state index in [4.69, 9.17) is 11.6 Å². The van der Waals surface area contributed by atoms with Gasteiger partial charge in [0.05, 0.1) is 12.0 Å². The third-order valence-corrected chi connectivity index (χ3v) is 4.09. The summed E-state index contributed by atoms with van der Waals surface area (Å²) in [6, 6.07) is 15.3. The van der Waals surface area contributed by atoms with Crippen molar-refractivity contribution in [2.24, 2.45) is 5.92 Å². The normalized spacial score (nSPS) is 20.8. The number of halogens is 1. The zero-order chi connectivity index (χ0) is 15.5. The van der Waals surface area contributed by atoms with Crippen LogP contribution in [0.2, 0.25) is 5.02 Å². The van der Waals surface area contributed by atoms with Crippen LogP contribution in [0.4, 0.5) is 5.69 Å². The molecule has 1 aliphatic heterocycles. The summed E-state index contributed by atoms with van der Waals surface area (Å²) in [5, 5.41) is 3.68. The molecule has 3 N–H and O–H groups in total. The van der Waals surface area contributed by atoms with Gasteiger partial charge in [-0.25, -0.2) is 5.43 Å². The average molecular weight is 316 g/mol. The van der Waals surface area contributed by atoms with Crippen molar-refractivity contribution in [2.75, 3.05) is 11.9 Å². The molecule has 0 radical (unpaired) electrons. The monoisotopic (exact) mass is 315 g/mol. The number of carbonyl (C=O) groups excluding carboxylic acids is 1. The van der Waals surface area contributed by atoms with E-state index in [0.29, 0.717) is 11.6 Å². The van der Waals surface area contributed by atoms with Gasteiger partial charge in [0.15, 0.2) is 0 Å². The highest BCUT2D eigenvalue weighted by molar-refractivity contribution is 6.30. The molecule has 2 aromatic carbocycles. The molecule has 1 aliphatic rings. The number of carbonyl (C=O) groups is 1. The second-order valence-corrected chi connectivity index (χ2v) is 5.96. The molecule has 0 aliphatic carbocycles. The van der Waals surface area contributed by atoms with Crippen LogP contribution in [0.5, 0.6) is 0 Å². The fourth-order valence-electron chi connectivity index (χ4n) is 2.68. The van der Waals surface area contributed by atoms with Crippen LogP contribution < -0.4 is 16.2 Å². The van der Waals surface area contributed by atoms with Crippen molar-refractivity contribution in [3.63, 3.8) is 0 Å². The van der Waals surface area contributed by atoms with E-state index in [-0.39, 0.29) is 17.9 Å². The molecule has 3 rings (SSSR count). The van der Waals surface area contributed by atoms with E-state index < -0.39 is 0 Å². The van der Waals surface area contributed by atoms with Crippen LogP contribution in [0, 0.1) is 12.8 Å². The molecule has 2 aromatic rings. The van der Waals surface area contributed by atoms with Gasteiger partial charge in [-0.1, -0.05) is 35.9 Å². The highest BCUT2D eigenvalue weighted by Gasteiger charge is 2.33. The maximum atomic E-state index is 12.6. The minimum Gasteiger partial charge on any atom is -0.326 e. The summed E-state index contributed by atoms with van der Waals surface area (Å²) >= 11 is 5.92. The van der Waals surface area contributed by atoms with Crippen molar-refractivity contribution in [2.45, 2.75) is 13.0 Å². The highest BCUT2D eigenvalue weighted by atomic mass is 35.5. The molecule has 4 nitrogen and oxygen atoms in total. The van der Waals surface area contributed by atoms with Crippen LogP contribution in [0.3, 0.4) is 0 Å². The molecule has 0 bridgehead atoms. The van der Waals surface area contributed by atoms with E-state index in [1.165, 1.54) is 0 Å². The lowest BCUT2D eigenvalue weighted by molar-refractivity contribution is -0.119. The maximum absolute atomic E-state index is 12.6. The Bertz CT molecular complexity index is 672. The Morgan fingerprint density at radius 3 is 2.73 bits per heavy atom. The number of nitrogens with one attached hydrogen (secondary N) is 3. The molecule has 1 heterocycles. The van der Waals surface area contributed by atoms with Crippen molar-refractivity contribution >= 4 is 23.2 Å². The summed E-state index contributed by atoms with van der Waals surface area (Å²) in [4.78, 5) is 12.6. The molecule has 1 fully saturated rings. The number of amides is 1. The second-order valence-electron chi connectivity index (χ2n) is 5.52. The zero-order valence-electron chi connectivity index (χ0n) is 12.3. The van der Waals surface area contributed by atoms with Gasteiger partial charge in [0.2, 0.25) is 5.91 Å². The minimum atomic E-state index is -0.179. The van der Waals surface area contributed by atoms with Crippen molar-refractivity contribution < 1.29 is 4.79 Å². The standard InChI is InChI=1S/C17H18ClN3O/c1-11-3-2-4-14(9-11)20-17(22)15-10-19-21-16(15)12-5-7-13(18)8-6-12/h2-9,15-16,19,21H,10H2,1H3,(H,20,22).